The number of benzene rings is 2. The number of fused-ring (bicyclic) bond motifs is 1. The minimum Gasteiger partial charge on any atom is -0.383 e. The molecule has 1 amide bonds. The highest BCUT2D eigenvalue weighted by atomic mass is 16.5. The van der Waals surface area contributed by atoms with Crippen molar-refractivity contribution in [2.45, 2.75) is 13.0 Å². The average molecular weight is 344 g/mol. The zero-order valence-electron chi connectivity index (χ0n) is 15.3. The molecule has 5 heteroatoms. The van der Waals surface area contributed by atoms with Crippen LogP contribution in [0.15, 0.2) is 42.5 Å². The van der Waals surface area contributed by atoms with Crippen LogP contribution in [0.25, 0.3) is 10.8 Å². The molecule has 25 heavy (non-hydrogen) atoms. The summed E-state index contributed by atoms with van der Waals surface area (Å²) in [7, 11) is 3.33. The van der Waals surface area contributed by atoms with Gasteiger partial charge in [-0.05, 0) is 29.3 Å². The molecular weight excluding hydrogens is 316 g/mol. The van der Waals surface area contributed by atoms with Crippen LogP contribution in [0, 0.1) is 0 Å². The molecule has 0 aliphatic rings. The molecule has 0 aliphatic heterocycles. The van der Waals surface area contributed by atoms with E-state index < -0.39 is 0 Å². The van der Waals surface area contributed by atoms with Gasteiger partial charge in [0.15, 0.2) is 0 Å². The van der Waals surface area contributed by atoms with Crippen LogP contribution in [0.1, 0.15) is 18.5 Å². The quantitative estimate of drug-likeness (QED) is 0.720. The first-order valence-electron chi connectivity index (χ1n) is 8.62. The molecule has 5 nitrogen and oxygen atoms in total. The van der Waals surface area contributed by atoms with Crippen molar-refractivity contribution >= 4 is 16.7 Å². The molecule has 0 fully saturated rings. The second-order valence-corrected chi connectivity index (χ2v) is 6.16. The summed E-state index contributed by atoms with van der Waals surface area (Å²) in [4.78, 5) is 14.4. The molecule has 0 bridgehead atoms. The van der Waals surface area contributed by atoms with E-state index in [2.05, 4.69) is 35.6 Å². The van der Waals surface area contributed by atoms with Crippen molar-refractivity contribution in [1.29, 1.82) is 0 Å². The van der Waals surface area contributed by atoms with Crippen LogP contribution >= 0.6 is 0 Å². The summed E-state index contributed by atoms with van der Waals surface area (Å²) in [6, 6.07) is 14.5. The smallest absolute Gasteiger partial charge is 0.234 e. The van der Waals surface area contributed by atoms with Crippen molar-refractivity contribution in [1.82, 2.24) is 10.2 Å². The molecule has 1 N–H and O–H groups in total. The maximum Gasteiger partial charge on any atom is 0.234 e. The summed E-state index contributed by atoms with van der Waals surface area (Å²) < 4.78 is 10.2. The van der Waals surface area contributed by atoms with Gasteiger partial charge >= 0.3 is 0 Å². The largest absolute Gasteiger partial charge is 0.383 e. The van der Waals surface area contributed by atoms with Crippen molar-refractivity contribution in [2.75, 3.05) is 47.1 Å². The predicted molar refractivity (Wildman–Crippen MR) is 101 cm³/mol. The molecule has 0 saturated heterocycles. The summed E-state index contributed by atoms with van der Waals surface area (Å²) in [6.45, 7) is 4.95. The Balaban J connectivity index is 1.94. The molecule has 0 spiro atoms. The van der Waals surface area contributed by atoms with E-state index in [-0.39, 0.29) is 11.9 Å². The predicted octanol–water partition coefficient (Wildman–Crippen LogP) is 2.61. The second-order valence-electron chi connectivity index (χ2n) is 6.16. The van der Waals surface area contributed by atoms with Crippen molar-refractivity contribution in [2.24, 2.45) is 0 Å². The summed E-state index contributed by atoms with van der Waals surface area (Å²) in [5, 5.41) is 5.47. The van der Waals surface area contributed by atoms with E-state index in [0.29, 0.717) is 32.8 Å². The van der Waals surface area contributed by atoms with Crippen molar-refractivity contribution in [3.05, 3.63) is 48.0 Å². The Labute approximate surface area is 149 Å². The van der Waals surface area contributed by atoms with Crippen molar-refractivity contribution < 1.29 is 14.3 Å². The fraction of sp³-hybridized carbons (Fsp3) is 0.450. The first-order chi connectivity index (χ1) is 12.1. The first-order valence-corrected chi connectivity index (χ1v) is 8.62. The van der Waals surface area contributed by atoms with Gasteiger partial charge in [0.1, 0.15) is 0 Å². The molecule has 2 aromatic rings. The number of carbonyl (C=O) groups is 1. The molecule has 1 atom stereocenters. The topological polar surface area (TPSA) is 50.8 Å². The Bertz CT molecular complexity index is 667. The van der Waals surface area contributed by atoms with Gasteiger partial charge in [-0.1, -0.05) is 36.4 Å². The molecule has 0 aliphatic carbocycles. The molecule has 136 valence electrons. The number of amides is 1. The zero-order valence-corrected chi connectivity index (χ0v) is 15.3. The van der Waals surface area contributed by atoms with Crippen LogP contribution in [-0.4, -0.2) is 57.9 Å². The van der Waals surface area contributed by atoms with Gasteiger partial charge in [0.05, 0.1) is 25.8 Å². The number of hydrogen-bond donors (Lipinski definition) is 1. The highest BCUT2D eigenvalue weighted by molar-refractivity contribution is 5.83. The van der Waals surface area contributed by atoms with Gasteiger partial charge in [0.2, 0.25) is 5.91 Å². The van der Waals surface area contributed by atoms with Gasteiger partial charge in [0.25, 0.3) is 0 Å². The van der Waals surface area contributed by atoms with Gasteiger partial charge < -0.3 is 14.8 Å². The fourth-order valence-electron chi connectivity index (χ4n) is 2.76. The van der Waals surface area contributed by atoms with E-state index in [1.165, 1.54) is 10.8 Å². The summed E-state index contributed by atoms with van der Waals surface area (Å²) >= 11 is 0. The van der Waals surface area contributed by atoms with Gasteiger partial charge in [-0.15, -0.1) is 0 Å². The number of carbonyl (C=O) groups excluding carboxylic acids is 1. The third-order valence-electron chi connectivity index (χ3n) is 4.24. The Morgan fingerprint density at radius 2 is 1.68 bits per heavy atom. The lowest BCUT2D eigenvalue weighted by Crippen LogP contribution is -2.41. The van der Waals surface area contributed by atoms with Crippen molar-refractivity contribution in [3.8, 4) is 0 Å². The number of nitrogens with zero attached hydrogens (tertiary/aromatic N) is 1. The van der Waals surface area contributed by atoms with E-state index in [9.17, 15) is 4.79 Å². The molecule has 0 heterocycles. The monoisotopic (exact) mass is 344 g/mol. The molecule has 2 rings (SSSR count). The Kier molecular flexibility index (Phi) is 7.85. The number of hydrogen-bond acceptors (Lipinski definition) is 4. The highest BCUT2D eigenvalue weighted by Gasteiger charge is 2.14. The highest BCUT2D eigenvalue weighted by Crippen LogP contribution is 2.20. The van der Waals surface area contributed by atoms with Crippen LogP contribution in [0.5, 0.6) is 0 Å². The van der Waals surface area contributed by atoms with Gasteiger partial charge in [-0.3, -0.25) is 9.69 Å². The lowest BCUT2D eigenvalue weighted by Gasteiger charge is -2.22. The van der Waals surface area contributed by atoms with Crippen LogP contribution < -0.4 is 5.32 Å². The van der Waals surface area contributed by atoms with E-state index >= 15 is 0 Å². The van der Waals surface area contributed by atoms with E-state index in [4.69, 9.17) is 9.47 Å². The Morgan fingerprint density at radius 3 is 2.32 bits per heavy atom. The lowest BCUT2D eigenvalue weighted by atomic mass is 10.0. The SMILES string of the molecule is COCCN(CCOC)CC(=O)NC(C)c1ccc2ccccc2c1. The Morgan fingerprint density at radius 1 is 1.04 bits per heavy atom. The molecule has 0 radical (unpaired) electrons. The normalized spacial score (nSPS) is 12.5. The van der Waals surface area contributed by atoms with Crippen LogP contribution in [-0.2, 0) is 14.3 Å². The standard InChI is InChI=1S/C20H28N2O3/c1-16(18-9-8-17-6-4-5-7-19(17)14-18)21-20(23)15-22(10-12-24-2)11-13-25-3/h4-9,14,16H,10-13,15H2,1-3H3,(H,21,23). The summed E-state index contributed by atoms with van der Waals surface area (Å²) in [6.07, 6.45) is 0. The van der Waals surface area contributed by atoms with Crippen LogP contribution in [0.4, 0.5) is 0 Å². The number of rotatable bonds is 10. The minimum atomic E-state index is -0.0381. The molecule has 2 aromatic carbocycles. The summed E-state index contributed by atoms with van der Waals surface area (Å²) in [5.74, 6) is 0.00728. The maximum absolute atomic E-state index is 12.4. The second kappa shape index (κ2) is 10.1. The minimum absolute atomic E-state index is 0.00728. The van der Waals surface area contributed by atoms with E-state index in [1.807, 2.05) is 24.0 Å². The number of ether oxygens (including phenoxy) is 2. The molecule has 0 saturated carbocycles. The average Bonchev–Trinajstić information content (AvgIpc) is 2.63. The van der Waals surface area contributed by atoms with E-state index in [1.54, 1.807) is 14.2 Å². The number of nitrogens with one attached hydrogen (secondary N) is 1. The van der Waals surface area contributed by atoms with Crippen molar-refractivity contribution in [3.63, 3.8) is 0 Å². The first kappa shape index (κ1) is 19.4. The fourth-order valence-corrected chi connectivity index (χ4v) is 2.76. The third kappa shape index (κ3) is 6.12. The van der Waals surface area contributed by atoms with Gasteiger partial charge in [-0.2, -0.15) is 0 Å². The third-order valence-corrected chi connectivity index (χ3v) is 4.24. The van der Waals surface area contributed by atoms with Crippen LogP contribution in [0.2, 0.25) is 0 Å². The summed E-state index contributed by atoms with van der Waals surface area (Å²) in [5.41, 5.74) is 1.10. The van der Waals surface area contributed by atoms with Gasteiger partial charge in [-0.25, -0.2) is 0 Å². The maximum atomic E-state index is 12.4. The Hall–Kier alpha value is -1.95. The number of methoxy groups -OCH3 is 2. The molecule has 1 unspecified atom stereocenters. The zero-order chi connectivity index (χ0) is 18.1. The molecular formula is C20H28N2O3. The lowest BCUT2D eigenvalue weighted by molar-refractivity contribution is -0.123. The van der Waals surface area contributed by atoms with E-state index in [0.717, 1.165) is 5.56 Å². The van der Waals surface area contributed by atoms with Gasteiger partial charge in [0, 0.05) is 27.3 Å². The molecule has 0 aromatic heterocycles. The van der Waals surface area contributed by atoms with Crippen LogP contribution in [0.3, 0.4) is 0 Å².